The van der Waals surface area contributed by atoms with E-state index in [2.05, 4.69) is 9.72 Å². The molecule has 0 fully saturated rings. The van der Waals surface area contributed by atoms with Gasteiger partial charge in [0.05, 0.1) is 23.7 Å². The van der Waals surface area contributed by atoms with Gasteiger partial charge in [0.2, 0.25) is 0 Å². The van der Waals surface area contributed by atoms with Gasteiger partial charge in [-0.1, -0.05) is 0 Å². The van der Waals surface area contributed by atoms with E-state index in [1.807, 2.05) is 0 Å². The van der Waals surface area contributed by atoms with E-state index in [-0.39, 0.29) is 29.4 Å². The van der Waals surface area contributed by atoms with Crippen molar-refractivity contribution in [2.24, 2.45) is 0 Å². The molecule has 0 aliphatic heterocycles. The summed E-state index contributed by atoms with van der Waals surface area (Å²) in [4.78, 5) is 15.3. The molecule has 1 aromatic heterocycles. The number of hydrogen-bond acceptors (Lipinski definition) is 4. The van der Waals surface area contributed by atoms with Gasteiger partial charge in [0.15, 0.2) is 0 Å². The molecule has 0 saturated carbocycles. The number of hydrogen-bond donors (Lipinski definition) is 0. The van der Waals surface area contributed by atoms with E-state index in [9.17, 15) is 13.6 Å². The van der Waals surface area contributed by atoms with Crippen LogP contribution in [0.4, 0.5) is 8.78 Å². The van der Waals surface area contributed by atoms with E-state index < -0.39 is 18.0 Å². The van der Waals surface area contributed by atoms with Crippen LogP contribution < -0.4 is 0 Å². The normalized spacial score (nSPS) is 10.2. The third-order valence-electron chi connectivity index (χ3n) is 2.08. The van der Waals surface area contributed by atoms with Crippen LogP contribution in [0.15, 0.2) is 6.07 Å². The lowest BCUT2D eigenvalue weighted by Gasteiger charge is -2.11. The highest BCUT2D eigenvalue weighted by Gasteiger charge is 2.25. The second-order valence-corrected chi connectivity index (χ2v) is 3.45. The van der Waals surface area contributed by atoms with Crippen LogP contribution in [0.1, 0.15) is 40.7 Å². The summed E-state index contributed by atoms with van der Waals surface area (Å²) in [5.74, 6) is -1.18. The molecule has 4 nitrogen and oxygen atoms in total. The summed E-state index contributed by atoms with van der Waals surface area (Å²) < 4.78 is 30.4. The van der Waals surface area contributed by atoms with Gasteiger partial charge in [-0.2, -0.15) is 5.26 Å². The molecule has 0 aliphatic rings. The van der Waals surface area contributed by atoms with Crippen LogP contribution in [-0.2, 0) is 10.6 Å². The van der Waals surface area contributed by atoms with E-state index >= 15 is 0 Å². The number of aromatic nitrogens is 1. The van der Waals surface area contributed by atoms with Crippen molar-refractivity contribution in [2.45, 2.75) is 19.2 Å². The summed E-state index contributed by atoms with van der Waals surface area (Å²) in [7, 11) is 0. The summed E-state index contributed by atoms with van der Waals surface area (Å²) in [6.45, 7) is 1.60. The van der Waals surface area contributed by atoms with Crippen molar-refractivity contribution in [1.29, 1.82) is 5.26 Å². The smallest absolute Gasteiger partial charge is 0.340 e. The van der Waals surface area contributed by atoms with Gasteiger partial charge in [-0.15, -0.1) is 11.6 Å². The van der Waals surface area contributed by atoms with Crippen molar-refractivity contribution in [3.63, 3.8) is 0 Å². The van der Waals surface area contributed by atoms with Crippen molar-refractivity contribution in [2.75, 3.05) is 6.61 Å². The van der Waals surface area contributed by atoms with Gasteiger partial charge in [0.1, 0.15) is 11.8 Å². The van der Waals surface area contributed by atoms with Crippen molar-refractivity contribution >= 4 is 17.6 Å². The molecule has 0 saturated heterocycles. The molecule has 0 aliphatic carbocycles. The Morgan fingerprint density at radius 3 is 2.78 bits per heavy atom. The van der Waals surface area contributed by atoms with Crippen molar-refractivity contribution in [3.8, 4) is 6.07 Å². The second-order valence-electron chi connectivity index (χ2n) is 3.19. The maximum absolute atomic E-state index is 12.9. The van der Waals surface area contributed by atoms with Gasteiger partial charge >= 0.3 is 5.97 Å². The molecule has 0 aromatic carbocycles. The fourth-order valence-corrected chi connectivity index (χ4v) is 1.58. The largest absolute Gasteiger partial charge is 0.462 e. The van der Waals surface area contributed by atoms with E-state index in [0.29, 0.717) is 0 Å². The van der Waals surface area contributed by atoms with Crippen molar-refractivity contribution in [3.05, 3.63) is 28.6 Å². The second kappa shape index (κ2) is 6.26. The molecule has 0 amide bonds. The van der Waals surface area contributed by atoms with Crippen LogP contribution in [0.2, 0.25) is 0 Å². The van der Waals surface area contributed by atoms with Crippen LogP contribution in [0.25, 0.3) is 0 Å². The molecule has 1 rings (SSSR count). The first-order valence-electron chi connectivity index (χ1n) is 5.00. The quantitative estimate of drug-likeness (QED) is 0.625. The summed E-state index contributed by atoms with van der Waals surface area (Å²) in [6.07, 6.45) is -2.92. The molecule has 7 heteroatoms. The maximum Gasteiger partial charge on any atom is 0.340 e. The van der Waals surface area contributed by atoms with E-state index in [4.69, 9.17) is 16.9 Å². The van der Waals surface area contributed by atoms with Gasteiger partial charge in [-0.05, 0) is 13.0 Å². The number of rotatable bonds is 4. The number of esters is 1. The molecular weight excluding hydrogens is 266 g/mol. The van der Waals surface area contributed by atoms with Crippen LogP contribution in [-0.4, -0.2) is 17.6 Å². The molecule has 96 valence electrons. The number of carbonyl (C=O) groups excluding carboxylic acids is 1. The Labute approximate surface area is 107 Å². The van der Waals surface area contributed by atoms with Gasteiger partial charge in [-0.25, -0.2) is 18.6 Å². The minimum absolute atomic E-state index is 0.0449. The summed E-state index contributed by atoms with van der Waals surface area (Å²) >= 11 is 5.56. The summed E-state index contributed by atoms with van der Waals surface area (Å²) in [6, 6.07) is 2.51. The van der Waals surface area contributed by atoms with Crippen LogP contribution >= 0.6 is 11.6 Å². The Bertz CT molecular complexity index is 501. The average Bonchev–Trinajstić information content (AvgIpc) is 2.37. The number of nitrogens with zero attached hydrogens (tertiary/aromatic N) is 2. The predicted molar refractivity (Wildman–Crippen MR) is 59.4 cm³/mol. The third kappa shape index (κ3) is 2.93. The highest BCUT2D eigenvalue weighted by molar-refractivity contribution is 6.17. The molecule has 1 heterocycles. The third-order valence-corrected chi connectivity index (χ3v) is 2.33. The Morgan fingerprint density at radius 2 is 2.33 bits per heavy atom. The van der Waals surface area contributed by atoms with E-state index in [1.165, 1.54) is 0 Å². The van der Waals surface area contributed by atoms with E-state index in [1.54, 1.807) is 13.0 Å². The summed E-state index contributed by atoms with van der Waals surface area (Å²) in [5.41, 5.74) is -1.24. The maximum atomic E-state index is 12.9. The van der Waals surface area contributed by atoms with Gasteiger partial charge in [-0.3, -0.25) is 0 Å². The number of ether oxygens (including phenoxy) is 1. The fraction of sp³-hybridized carbons (Fsp3) is 0.364. The topological polar surface area (TPSA) is 63.0 Å². The molecular formula is C11H9ClF2N2O2. The molecule has 0 unspecified atom stereocenters. The lowest BCUT2D eigenvalue weighted by atomic mass is 10.1. The zero-order valence-electron chi connectivity index (χ0n) is 9.41. The number of alkyl halides is 3. The highest BCUT2D eigenvalue weighted by Crippen LogP contribution is 2.27. The highest BCUT2D eigenvalue weighted by atomic mass is 35.5. The zero-order valence-corrected chi connectivity index (χ0v) is 10.2. The first kappa shape index (κ1) is 14.3. The molecule has 0 radical (unpaired) electrons. The fourth-order valence-electron chi connectivity index (χ4n) is 1.38. The Balaban J connectivity index is 3.45. The Morgan fingerprint density at radius 1 is 1.67 bits per heavy atom. The minimum Gasteiger partial charge on any atom is -0.462 e. The molecule has 0 atom stereocenters. The van der Waals surface area contributed by atoms with Gasteiger partial charge in [0.25, 0.3) is 6.43 Å². The average molecular weight is 275 g/mol. The minimum atomic E-state index is -2.92. The Hall–Kier alpha value is -1.74. The number of halogens is 3. The first-order chi connectivity index (χ1) is 8.54. The van der Waals surface area contributed by atoms with Crippen molar-refractivity contribution in [1.82, 2.24) is 4.98 Å². The molecule has 0 N–H and O–H groups in total. The molecule has 0 spiro atoms. The molecule has 0 bridgehead atoms. The lowest BCUT2D eigenvalue weighted by Crippen LogP contribution is -2.14. The van der Waals surface area contributed by atoms with Gasteiger partial charge in [0, 0.05) is 5.56 Å². The van der Waals surface area contributed by atoms with Crippen LogP contribution in [0.3, 0.4) is 0 Å². The van der Waals surface area contributed by atoms with Crippen LogP contribution in [0.5, 0.6) is 0 Å². The monoisotopic (exact) mass is 274 g/mol. The number of carbonyl (C=O) groups is 1. The zero-order chi connectivity index (χ0) is 13.7. The standard InChI is InChI=1S/C11H9ClF2N2O2/c1-2-18-11(17)9-7(10(13)14)3-6(5-15)16-8(9)4-12/h3,10H,2,4H2,1H3. The molecule has 1 aromatic rings. The first-order valence-corrected chi connectivity index (χ1v) is 5.53. The SMILES string of the molecule is CCOC(=O)c1c(C(F)F)cc(C#N)nc1CCl. The lowest BCUT2D eigenvalue weighted by molar-refractivity contribution is 0.0513. The van der Waals surface area contributed by atoms with Crippen molar-refractivity contribution < 1.29 is 18.3 Å². The summed E-state index contributed by atoms with van der Waals surface area (Å²) in [5, 5.41) is 8.68. The molecule has 18 heavy (non-hydrogen) atoms. The predicted octanol–water partition coefficient (Wildman–Crippen LogP) is 2.81. The van der Waals surface area contributed by atoms with E-state index in [0.717, 1.165) is 6.07 Å². The number of nitriles is 1. The van der Waals surface area contributed by atoms with Crippen LogP contribution in [0, 0.1) is 11.3 Å². The van der Waals surface area contributed by atoms with Gasteiger partial charge < -0.3 is 4.74 Å². The Kier molecular flexibility index (Phi) is 4.98. The number of pyridine rings is 1.